The van der Waals surface area contributed by atoms with Gasteiger partial charge in [0.05, 0.1) is 5.75 Å². The van der Waals surface area contributed by atoms with Gasteiger partial charge in [0, 0.05) is 12.1 Å². The Labute approximate surface area is 121 Å². The van der Waals surface area contributed by atoms with Crippen LogP contribution in [0.25, 0.3) is 0 Å². The maximum atomic E-state index is 11.9. The largest absolute Gasteiger partial charge is 0.383 e. The fraction of sp³-hybridized carbons (Fsp3) is 0.615. The van der Waals surface area contributed by atoms with Gasteiger partial charge < -0.3 is 16.0 Å². The number of hydrogen-bond donors (Lipinski definition) is 3. The maximum Gasteiger partial charge on any atom is 0.253 e. The van der Waals surface area contributed by atoms with Gasteiger partial charge in [0.15, 0.2) is 5.16 Å². The Morgan fingerprint density at radius 1 is 1.55 bits per heavy atom. The van der Waals surface area contributed by atoms with Crippen molar-refractivity contribution in [2.45, 2.75) is 43.8 Å². The maximum absolute atomic E-state index is 11.9. The van der Waals surface area contributed by atoms with Crippen LogP contribution in [-0.4, -0.2) is 27.7 Å². The Balaban J connectivity index is 1.84. The second-order valence-electron chi connectivity index (χ2n) is 5.20. The molecule has 0 spiro atoms. The lowest BCUT2D eigenvalue weighted by Crippen LogP contribution is -2.41. The highest BCUT2D eigenvalue weighted by Gasteiger charge is 2.22. The van der Waals surface area contributed by atoms with Gasteiger partial charge in [-0.2, -0.15) is 0 Å². The Morgan fingerprint density at radius 3 is 3.00 bits per heavy atom. The monoisotopic (exact) mass is 296 g/mol. The molecule has 1 amide bonds. The summed E-state index contributed by atoms with van der Waals surface area (Å²) in [5.41, 5.74) is 5.18. The number of nitrogens with two attached hydrogens (primary N) is 1. The van der Waals surface area contributed by atoms with Crippen LogP contribution in [-0.2, 0) is 4.79 Å². The molecule has 0 radical (unpaired) electrons. The molecule has 1 saturated carbocycles. The van der Waals surface area contributed by atoms with Gasteiger partial charge >= 0.3 is 0 Å². The number of nitrogens with one attached hydrogen (secondary N) is 2. The molecule has 110 valence electrons. The van der Waals surface area contributed by atoms with Crippen molar-refractivity contribution in [2.24, 2.45) is 5.92 Å². The summed E-state index contributed by atoms with van der Waals surface area (Å²) >= 11 is 1.19. The summed E-state index contributed by atoms with van der Waals surface area (Å²) in [5.74, 6) is 0.898. The molecule has 1 aromatic heterocycles. The smallest absolute Gasteiger partial charge is 0.253 e. The molecule has 6 nitrogen and oxygen atoms in total. The molecule has 2 rings (SSSR count). The average Bonchev–Trinajstić information content (AvgIpc) is 2.38. The second kappa shape index (κ2) is 6.78. The van der Waals surface area contributed by atoms with Crippen LogP contribution in [0.15, 0.2) is 16.0 Å². The first-order valence-electron chi connectivity index (χ1n) is 6.83. The van der Waals surface area contributed by atoms with E-state index in [0.717, 1.165) is 6.42 Å². The number of aromatic nitrogens is 2. The molecule has 0 unspecified atom stereocenters. The van der Waals surface area contributed by atoms with E-state index < -0.39 is 0 Å². The molecule has 4 N–H and O–H groups in total. The number of amides is 1. The molecule has 1 aliphatic rings. The van der Waals surface area contributed by atoms with Gasteiger partial charge in [-0.15, -0.1) is 0 Å². The third kappa shape index (κ3) is 4.26. The molecule has 0 saturated heterocycles. The highest BCUT2D eigenvalue weighted by molar-refractivity contribution is 7.99. The first-order valence-corrected chi connectivity index (χ1v) is 7.82. The van der Waals surface area contributed by atoms with E-state index in [1.54, 1.807) is 0 Å². The van der Waals surface area contributed by atoms with Crippen molar-refractivity contribution in [1.29, 1.82) is 0 Å². The van der Waals surface area contributed by atoms with Gasteiger partial charge in [-0.3, -0.25) is 9.59 Å². The van der Waals surface area contributed by atoms with Crippen LogP contribution in [0, 0.1) is 5.92 Å². The Hall–Kier alpha value is -1.50. The number of rotatable bonds is 4. The first kappa shape index (κ1) is 14.9. The predicted molar refractivity (Wildman–Crippen MR) is 79.6 cm³/mol. The zero-order chi connectivity index (χ0) is 14.5. The van der Waals surface area contributed by atoms with Gasteiger partial charge in [0.1, 0.15) is 5.82 Å². The van der Waals surface area contributed by atoms with Gasteiger partial charge in [-0.05, 0) is 18.8 Å². The third-order valence-corrected chi connectivity index (χ3v) is 4.41. The topological polar surface area (TPSA) is 101 Å². The van der Waals surface area contributed by atoms with E-state index in [0.29, 0.717) is 11.1 Å². The standard InChI is InChI=1S/C13H20N4O2S/c1-8-4-2-3-5-9(8)15-12(19)7-20-13-16-10(14)6-11(18)17-13/h6,8-9H,2-5,7H2,1H3,(H,15,19)(H3,14,16,17,18)/t8-,9+/m0/s1. The molecule has 1 heterocycles. The van der Waals surface area contributed by atoms with Crippen molar-refractivity contribution < 1.29 is 4.79 Å². The lowest BCUT2D eigenvalue weighted by Gasteiger charge is -2.29. The second-order valence-corrected chi connectivity index (χ2v) is 6.16. The molecule has 2 atom stereocenters. The van der Waals surface area contributed by atoms with Crippen molar-refractivity contribution in [3.8, 4) is 0 Å². The highest BCUT2D eigenvalue weighted by Crippen LogP contribution is 2.23. The van der Waals surface area contributed by atoms with E-state index >= 15 is 0 Å². The van der Waals surface area contributed by atoms with E-state index in [2.05, 4.69) is 22.2 Å². The van der Waals surface area contributed by atoms with Crippen molar-refractivity contribution in [3.05, 3.63) is 16.4 Å². The number of H-pyrrole nitrogens is 1. The summed E-state index contributed by atoms with van der Waals surface area (Å²) in [6.07, 6.45) is 4.64. The van der Waals surface area contributed by atoms with Crippen LogP contribution in [0.5, 0.6) is 0 Å². The summed E-state index contributed by atoms with van der Waals surface area (Å²) in [6.45, 7) is 2.17. The summed E-state index contributed by atoms with van der Waals surface area (Å²) < 4.78 is 0. The molecular formula is C13H20N4O2S. The number of nitrogen functional groups attached to an aromatic ring is 1. The molecular weight excluding hydrogens is 276 g/mol. The van der Waals surface area contributed by atoms with Gasteiger partial charge in [0.2, 0.25) is 5.91 Å². The number of anilines is 1. The van der Waals surface area contributed by atoms with Crippen molar-refractivity contribution in [1.82, 2.24) is 15.3 Å². The molecule has 20 heavy (non-hydrogen) atoms. The normalized spacial score (nSPS) is 22.4. The van der Waals surface area contributed by atoms with E-state index in [1.807, 2.05) is 0 Å². The first-order chi connectivity index (χ1) is 9.54. The third-order valence-electron chi connectivity index (χ3n) is 3.54. The van der Waals surface area contributed by atoms with Crippen LogP contribution >= 0.6 is 11.8 Å². The fourth-order valence-corrected chi connectivity index (χ4v) is 3.13. The van der Waals surface area contributed by atoms with Gasteiger partial charge in [-0.25, -0.2) is 4.98 Å². The number of thioether (sulfide) groups is 1. The van der Waals surface area contributed by atoms with Crippen molar-refractivity contribution in [2.75, 3.05) is 11.5 Å². The minimum absolute atomic E-state index is 0.0289. The molecule has 1 fully saturated rings. The number of carbonyl (C=O) groups is 1. The number of carbonyl (C=O) groups excluding carboxylic acids is 1. The highest BCUT2D eigenvalue weighted by atomic mass is 32.2. The Kier molecular flexibility index (Phi) is 5.05. The minimum atomic E-state index is -0.304. The Bertz CT molecular complexity index is 531. The van der Waals surface area contributed by atoms with Crippen LogP contribution in [0.2, 0.25) is 0 Å². The van der Waals surface area contributed by atoms with Crippen molar-refractivity contribution in [3.63, 3.8) is 0 Å². The van der Waals surface area contributed by atoms with E-state index in [9.17, 15) is 9.59 Å². The SMILES string of the molecule is C[C@H]1CCCC[C@H]1NC(=O)CSc1nc(N)cc(=O)[nH]1. The summed E-state index contributed by atoms with van der Waals surface area (Å²) in [6, 6.07) is 1.48. The number of aromatic amines is 1. The zero-order valence-corrected chi connectivity index (χ0v) is 12.3. The molecule has 1 aliphatic carbocycles. The lowest BCUT2D eigenvalue weighted by molar-refractivity contribution is -0.119. The molecule has 0 aliphatic heterocycles. The zero-order valence-electron chi connectivity index (χ0n) is 11.5. The fourth-order valence-electron chi connectivity index (χ4n) is 2.43. The molecule has 0 bridgehead atoms. The van der Waals surface area contributed by atoms with E-state index in [1.165, 1.54) is 37.1 Å². The minimum Gasteiger partial charge on any atom is -0.383 e. The van der Waals surface area contributed by atoms with Crippen LogP contribution < -0.4 is 16.6 Å². The lowest BCUT2D eigenvalue weighted by atomic mass is 9.86. The molecule has 7 heteroatoms. The number of hydrogen-bond acceptors (Lipinski definition) is 5. The van der Waals surface area contributed by atoms with Gasteiger partial charge in [0.25, 0.3) is 5.56 Å². The summed E-state index contributed by atoms with van der Waals surface area (Å²) in [5, 5.41) is 3.43. The predicted octanol–water partition coefficient (Wildman–Crippen LogP) is 1.14. The Morgan fingerprint density at radius 2 is 2.30 bits per heavy atom. The van der Waals surface area contributed by atoms with Crippen LogP contribution in [0.3, 0.4) is 0 Å². The quantitative estimate of drug-likeness (QED) is 0.571. The molecule has 1 aromatic rings. The summed E-state index contributed by atoms with van der Waals surface area (Å²) in [7, 11) is 0. The van der Waals surface area contributed by atoms with Crippen LogP contribution in [0.1, 0.15) is 32.6 Å². The van der Waals surface area contributed by atoms with E-state index in [-0.39, 0.29) is 29.1 Å². The number of nitrogens with zero attached hydrogens (tertiary/aromatic N) is 1. The van der Waals surface area contributed by atoms with Gasteiger partial charge in [-0.1, -0.05) is 31.5 Å². The average molecular weight is 296 g/mol. The summed E-state index contributed by atoms with van der Waals surface area (Å²) in [4.78, 5) is 29.7. The van der Waals surface area contributed by atoms with E-state index in [4.69, 9.17) is 5.73 Å². The van der Waals surface area contributed by atoms with Crippen molar-refractivity contribution >= 4 is 23.5 Å². The van der Waals surface area contributed by atoms with Crippen LogP contribution in [0.4, 0.5) is 5.82 Å². The molecule has 0 aromatic carbocycles.